The van der Waals surface area contributed by atoms with Crippen molar-refractivity contribution in [3.8, 4) is 11.5 Å². The average molecular weight is 388 g/mol. The summed E-state index contributed by atoms with van der Waals surface area (Å²) in [6.45, 7) is 4.11. The zero-order valence-electron chi connectivity index (χ0n) is 15.0. The van der Waals surface area contributed by atoms with Crippen molar-refractivity contribution in [1.82, 2.24) is 25.8 Å². The summed E-state index contributed by atoms with van der Waals surface area (Å²) in [5.74, 6) is 0.437. The normalized spacial score (nSPS) is 12.9. The lowest BCUT2D eigenvalue weighted by molar-refractivity contribution is 0.0948. The van der Waals surface area contributed by atoms with Gasteiger partial charge in [-0.15, -0.1) is 12.4 Å². The molecule has 0 fully saturated rings. The molecule has 3 aromatic rings. The topological polar surface area (TPSA) is 95.8 Å². The van der Waals surface area contributed by atoms with Crippen molar-refractivity contribution in [3.63, 3.8) is 0 Å². The van der Waals surface area contributed by atoms with Crippen molar-refractivity contribution in [2.75, 3.05) is 13.1 Å². The maximum atomic E-state index is 12.4. The molecule has 0 spiro atoms. The lowest BCUT2D eigenvalue weighted by Gasteiger charge is -2.12. The van der Waals surface area contributed by atoms with Crippen LogP contribution in [-0.2, 0) is 19.4 Å². The summed E-state index contributed by atoms with van der Waals surface area (Å²) in [6.07, 6.45) is 3.12. The molecular weight excluding hydrogens is 366 g/mol. The summed E-state index contributed by atoms with van der Waals surface area (Å²) in [6, 6.07) is 8.03. The number of hydrogen-bond acceptors (Lipinski definition) is 5. The zero-order valence-corrected chi connectivity index (χ0v) is 15.9. The van der Waals surface area contributed by atoms with Gasteiger partial charge in [0.25, 0.3) is 5.91 Å². The molecule has 0 atom stereocenters. The van der Waals surface area contributed by atoms with Gasteiger partial charge in [-0.25, -0.2) is 4.98 Å². The van der Waals surface area contributed by atoms with Crippen LogP contribution >= 0.6 is 12.4 Å². The van der Waals surface area contributed by atoms with E-state index in [2.05, 4.69) is 25.8 Å². The van der Waals surface area contributed by atoms with E-state index < -0.39 is 0 Å². The van der Waals surface area contributed by atoms with E-state index in [0.29, 0.717) is 31.1 Å². The van der Waals surface area contributed by atoms with E-state index in [0.717, 1.165) is 35.5 Å². The van der Waals surface area contributed by atoms with Crippen molar-refractivity contribution in [3.05, 3.63) is 58.7 Å². The number of rotatable bonds is 5. The third kappa shape index (κ3) is 4.20. The second-order valence-electron chi connectivity index (χ2n) is 6.47. The van der Waals surface area contributed by atoms with Crippen LogP contribution in [0.3, 0.4) is 0 Å². The number of fused-ring (bicyclic) bond motifs is 1. The van der Waals surface area contributed by atoms with E-state index in [-0.39, 0.29) is 18.3 Å². The van der Waals surface area contributed by atoms with Crippen molar-refractivity contribution in [1.29, 1.82) is 0 Å². The number of benzene rings is 1. The first kappa shape index (κ1) is 19.1. The van der Waals surface area contributed by atoms with Gasteiger partial charge in [0.2, 0.25) is 5.89 Å². The molecule has 27 heavy (non-hydrogen) atoms. The number of nitrogens with zero attached hydrogens (tertiary/aromatic N) is 2. The van der Waals surface area contributed by atoms with Gasteiger partial charge in [0.15, 0.2) is 5.69 Å². The van der Waals surface area contributed by atoms with Crippen LogP contribution < -0.4 is 10.6 Å². The largest absolute Gasteiger partial charge is 0.444 e. The van der Waals surface area contributed by atoms with Crippen molar-refractivity contribution >= 4 is 18.3 Å². The molecule has 2 aromatic heterocycles. The molecule has 4 rings (SSSR count). The van der Waals surface area contributed by atoms with Gasteiger partial charge in [-0.05, 0) is 19.1 Å². The Bertz CT molecular complexity index is 917. The van der Waals surface area contributed by atoms with Crippen LogP contribution in [0.15, 0.2) is 34.9 Å². The minimum absolute atomic E-state index is 0. The fourth-order valence-electron chi connectivity index (χ4n) is 3.05. The summed E-state index contributed by atoms with van der Waals surface area (Å²) in [7, 11) is 0. The van der Waals surface area contributed by atoms with E-state index in [4.69, 9.17) is 4.42 Å². The fraction of sp³-hybridized carbons (Fsp3) is 0.316. The van der Waals surface area contributed by atoms with Crippen LogP contribution in [0, 0.1) is 6.92 Å². The van der Waals surface area contributed by atoms with Gasteiger partial charge < -0.3 is 15.1 Å². The molecule has 0 bridgehead atoms. The Morgan fingerprint density at radius 1 is 1.30 bits per heavy atom. The molecule has 1 aliphatic rings. The highest BCUT2D eigenvalue weighted by atomic mass is 35.5. The van der Waals surface area contributed by atoms with Crippen LogP contribution in [0.4, 0.5) is 0 Å². The standard InChI is InChI=1S/C19H21N5O2.ClH/c1-12-2-4-13(5-3-12)19-22-14(11-26-19)6-9-21-18(25)17-15-10-20-8-7-16(15)23-24-17;/h2-5,11,20H,6-10H2,1H3,(H,21,25)(H,23,24);1H. The molecule has 0 saturated carbocycles. The molecule has 8 heteroatoms. The Labute approximate surface area is 163 Å². The quantitative estimate of drug-likeness (QED) is 0.624. The van der Waals surface area contributed by atoms with E-state index >= 15 is 0 Å². The number of hydrogen-bond donors (Lipinski definition) is 3. The first-order valence-electron chi connectivity index (χ1n) is 8.77. The predicted octanol–water partition coefficient (Wildman–Crippen LogP) is 2.41. The smallest absolute Gasteiger partial charge is 0.272 e. The molecule has 1 aliphatic heterocycles. The third-order valence-corrected chi connectivity index (χ3v) is 4.54. The van der Waals surface area contributed by atoms with Gasteiger partial charge >= 0.3 is 0 Å². The van der Waals surface area contributed by atoms with Gasteiger partial charge in [-0.1, -0.05) is 17.7 Å². The van der Waals surface area contributed by atoms with Gasteiger partial charge in [0.1, 0.15) is 6.26 Å². The maximum absolute atomic E-state index is 12.4. The second kappa shape index (κ2) is 8.37. The van der Waals surface area contributed by atoms with E-state index in [1.165, 1.54) is 5.56 Å². The first-order chi connectivity index (χ1) is 12.7. The van der Waals surface area contributed by atoms with E-state index in [1.807, 2.05) is 31.2 Å². The van der Waals surface area contributed by atoms with Crippen LogP contribution in [0.1, 0.15) is 33.0 Å². The number of H-pyrrole nitrogens is 1. The van der Waals surface area contributed by atoms with Crippen molar-refractivity contribution in [2.24, 2.45) is 0 Å². The fourth-order valence-corrected chi connectivity index (χ4v) is 3.05. The predicted molar refractivity (Wildman–Crippen MR) is 104 cm³/mol. The van der Waals surface area contributed by atoms with Gasteiger partial charge in [0.05, 0.1) is 5.69 Å². The van der Waals surface area contributed by atoms with E-state index in [9.17, 15) is 4.79 Å². The van der Waals surface area contributed by atoms with Crippen LogP contribution in [0.5, 0.6) is 0 Å². The first-order valence-corrected chi connectivity index (χ1v) is 8.77. The minimum Gasteiger partial charge on any atom is -0.444 e. The highest BCUT2D eigenvalue weighted by Gasteiger charge is 2.21. The minimum atomic E-state index is -0.159. The Hall–Kier alpha value is -2.64. The number of carbonyl (C=O) groups excluding carboxylic acids is 1. The number of amides is 1. The van der Waals surface area contributed by atoms with Gasteiger partial charge in [-0.2, -0.15) is 5.10 Å². The monoisotopic (exact) mass is 387 g/mol. The number of oxazole rings is 1. The van der Waals surface area contributed by atoms with E-state index in [1.54, 1.807) is 6.26 Å². The lowest BCUT2D eigenvalue weighted by Crippen LogP contribution is -2.29. The highest BCUT2D eigenvalue weighted by molar-refractivity contribution is 5.94. The van der Waals surface area contributed by atoms with Crippen LogP contribution in [0.25, 0.3) is 11.5 Å². The number of aryl methyl sites for hydroxylation is 1. The summed E-state index contributed by atoms with van der Waals surface area (Å²) in [4.78, 5) is 16.9. The SMILES string of the molecule is Cc1ccc(-c2nc(CCNC(=O)c3n[nH]c4c3CNCC4)co2)cc1.Cl. The Morgan fingerprint density at radius 2 is 2.11 bits per heavy atom. The second-order valence-corrected chi connectivity index (χ2v) is 6.47. The van der Waals surface area contributed by atoms with Gasteiger partial charge in [0, 0.05) is 49.3 Å². The molecular formula is C19H22ClN5O2. The molecule has 0 radical (unpaired) electrons. The summed E-state index contributed by atoms with van der Waals surface area (Å²) in [5, 5.41) is 13.3. The molecule has 7 nitrogen and oxygen atoms in total. The lowest BCUT2D eigenvalue weighted by atomic mass is 10.1. The Balaban J connectivity index is 0.00000210. The van der Waals surface area contributed by atoms with Crippen LogP contribution in [0.2, 0.25) is 0 Å². The van der Waals surface area contributed by atoms with Crippen molar-refractivity contribution < 1.29 is 9.21 Å². The number of aromatic nitrogens is 3. The number of halogens is 1. The molecule has 0 unspecified atom stereocenters. The third-order valence-electron chi connectivity index (χ3n) is 4.54. The molecule has 142 valence electrons. The molecule has 1 amide bonds. The average Bonchev–Trinajstić information content (AvgIpc) is 3.29. The summed E-state index contributed by atoms with van der Waals surface area (Å²) < 4.78 is 5.55. The Morgan fingerprint density at radius 3 is 2.93 bits per heavy atom. The molecule has 0 saturated heterocycles. The highest BCUT2D eigenvalue weighted by Crippen LogP contribution is 2.19. The molecule has 1 aromatic carbocycles. The molecule has 3 N–H and O–H groups in total. The molecule has 3 heterocycles. The summed E-state index contributed by atoms with van der Waals surface area (Å²) in [5.41, 5.74) is 5.45. The number of aromatic amines is 1. The Kier molecular flexibility index (Phi) is 5.93. The van der Waals surface area contributed by atoms with Crippen molar-refractivity contribution in [2.45, 2.75) is 26.3 Å². The summed E-state index contributed by atoms with van der Waals surface area (Å²) >= 11 is 0. The molecule has 0 aliphatic carbocycles. The number of carbonyl (C=O) groups is 1. The zero-order chi connectivity index (χ0) is 17.9. The number of nitrogens with one attached hydrogen (secondary N) is 3. The maximum Gasteiger partial charge on any atom is 0.272 e. The van der Waals surface area contributed by atoms with Gasteiger partial charge in [-0.3, -0.25) is 9.89 Å². The van der Waals surface area contributed by atoms with Crippen LogP contribution in [-0.4, -0.2) is 34.2 Å².